The second-order valence-corrected chi connectivity index (χ2v) is 6.52. The number of fused-ring (bicyclic) bond motifs is 1. The van der Waals surface area contributed by atoms with Crippen LogP contribution in [0.2, 0.25) is 0 Å². The summed E-state index contributed by atoms with van der Waals surface area (Å²) in [6, 6.07) is 17.9. The Bertz CT molecular complexity index is 907. The van der Waals surface area contributed by atoms with Crippen LogP contribution in [0.25, 0.3) is 10.9 Å². The molecule has 0 bridgehead atoms. The van der Waals surface area contributed by atoms with E-state index in [0.717, 1.165) is 33.3 Å². The molecule has 4 nitrogen and oxygen atoms in total. The Morgan fingerprint density at radius 1 is 1.04 bits per heavy atom. The van der Waals surface area contributed by atoms with Gasteiger partial charge in [-0.05, 0) is 36.6 Å². The highest BCUT2D eigenvalue weighted by Crippen LogP contribution is 2.23. The molecule has 0 fully saturated rings. The van der Waals surface area contributed by atoms with E-state index in [0.29, 0.717) is 19.5 Å². The van der Waals surface area contributed by atoms with Crippen molar-refractivity contribution in [3.05, 3.63) is 77.0 Å². The maximum absolute atomic E-state index is 12.9. The molecular formula is C22H24N2O2. The average molecular weight is 348 g/mol. The van der Waals surface area contributed by atoms with E-state index < -0.39 is 0 Å². The lowest BCUT2D eigenvalue weighted by atomic mass is 9.99. The van der Waals surface area contributed by atoms with Crippen molar-refractivity contribution < 1.29 is 9.90 Å². The molecular weight excluding hydrogens is 324 g/mol. The fourth-order valence-electron chi connectivity index (χ4n) is 3.31. The highest BCUT2D eigenvalue weighted by Gasteiger charge is 2.18. The summed E-state index contributed by atoms with van der Waals surface area (Å²) in [5.41, 5.74) is 4.97. The standard InChI is InChI=1S/C22H24N2O2/c1-16-19-10-6-7-11-21(19)23-17(2)20(16)14-22(26)24(12-13-25)15-18-8-4-3-5-9-18/h3-11,25H,12-15H2,1-2H3. The number of aryl methyl sites for hydroxylation is 2. The molecule has 0 spiro atoms. The Kier molecular flexibility index (Phi) is 5.64. The molecule has 0 radical (unpaired) electrons. The van der Waals surface area contributed by atoms with E-state index in [-0.39, 0.29) is 12.5 Å². The van der Waals surface area contributed by atoms with Gasteiger partial charge in [-0.2, -0.15) is 0 Å². The van der Waals surface area contributed by atoms with Gasteiger partial charge in [0.2, 0.25) is 5.91 Å². The third-order valence-corrected chi connectivity index (χ3v) is 4.75. The molecule has 0 aliphatic heterocycles. The lowest BCUT2D eigenvalue weighted by Crippen LogP contribution is -2.34. The van der Waals surface area contributed by atoms with Gasteiger partial charge in [0.05, 0.1) is 18.5 Å². The van der Waals surface area contributed by atoms with E-state index in [1.54, 1.807) is 4.90 Å². The molecule has 1 N–H and O–H groups in total. The summed E-state index contributed by atoms with van der Waals surface area (Å²) in [5.74, 6) is 0.00573. The molecule has 3 aromatic rings. The lowest BCUT2D eigenvalue weighted by Gasteiger charge is -2.23. The third kappa shape index (κ3) is 3.92. The quantitative estimate of drug-likeness (QED) is 0.743. The van der Waals surface area contributed by atoms with Crippen LogP contribution in [0.4, 0.5) is 0 Å². The molecule has 3 rings (SSSR count). The van der Waals surface area contributed by atoms with Gasteiger partial charge in [0.1, 0.15) is 0 Å². The summed E-state index contributed by atoms with van der Waals surface area (Å²) in [7, 11) is 0. The number of aromatic nitrogens is 1. The minimum atomic E-state index is -0.0491. The predicted octanol–water partition coefficient (Wildman–Crippen LogP) is 3.42. The number of aliphatic hydroxyl groups excluding tert-OH is 1. The van der Waals surface area contributed by atoms with Gasteiger partial charge >= 0.3 is 0 Å². The van der Waals surface area contributed by atoms with Crippen LogP contribution in [0.1, 0.15) is 22.4 Å². The number of hydrogen-bond donors (Lipinski definition) is 1. The van der Waals surface area contributed by atoms with Crippen LogP contribution in [-0.4, -0.2) is 34.0 Å². The minimum absolute atomic E-state index is 0.00573. The van der Waals surface area contributed by atoms with Crippen molar-refractivity contribution in [2.45, 2.75) is 26.8 Å². The predicted molar refractivity (Wildman–Crippen MR) is 104 cm³/mol. The zero-order chi connectivity index (χ0) is 18.5. The molecule has 0 saturated carbocycles. The summed E-state index contributed by atoms with van der Waals surface area (Å²) < 4.78 is 0. The Balaban J connectivity index is 1.86. The molecule has 0 aliphatic carbocycles. The van der Waals surface area contributed by atoms with Gasteiger partial charge in [-0.15, -0.1) is 0 Å². The van der Waals surface area contributed by atoms with Crippen molar-refractivity contribution in [1.82, 2.24) is 9.88 Å². The van der Waals surface area contributed by atoms with Crippen LogP contribution >= 0.6 is 0 Å². The number of pyridine rings is 1. The first-order chi connectivity index (χ1) is 12.6. The van der Waals surface area contributed by atoms with E-state index in [1.807, 2.05) is 68.4 Å². The lowest BCUT2D eigenvalue weighted by molar-refractivity contribution is -0.131. The number of nitrogens with zero attached hydrogens (tertiary/aromatic N) is 2. The Morgan fingerprint density at radius 3 is 2.46 bits per heavy atom. The Labute approximate surface area is 154 Å². The minimum Gasteiger partial charge on any atom is -0.395 e. The molecule has 1 aromatic heterocycles. The number of hydrogen-bond acceptors (Lipinski definition) is 3. The zero-order valence-electron chi connectivity index (χ0n) is 15.3. The fraction of sp³-hybridized carbons (Fsp3) is 0.273. The molecule has 0 unspecified atom stereocenters. The Morgan fingerprint density at radius 2 is 1.73 bits per heavy atom. The summed E-state index contributed by atoms with van der Waals surface area (Å²) >= 11 is 0. The molecule has 26 heavy (non-hydrogen) atoms. The first-order valence-electron chi connectivity index (χ1n) is 8.87. The number of carbonyl (C=O) groups is 1. The van der Waals surface area contributed by atoms with Crippen molar-refractivity contribution in [1.29, 1.82) is 0 Å². The van der Waals surface area contributed by atoms with E-state index in [1.165, 1.54) is 0 Å². The van der Waals surface area contributed by atoms with Gasteiger partial charge in [0.15, 0.2) is 0 Å². The van der Waals surface area contributed by atoms with Crippen molar-refractivity contribution in [3.8, 4) is 0 Å². The van der Waals surface area contributed by atoms with Crippen molar-refractivity contribution >= 4 is 16.8 Å². The maximum Gasteiger partial charge on any atom is 0.227 e. The molecule has 2 aromatic carbocycles. The van der Waals surface area contributed by atoms with Gasteiger partial charge in [0, 0.05) is 24.2 Å². The number of rotatable bonds is 6. The van der Waals surface area contributed by atoms with Crippen LogP contribution in [0.15, 0.2) is 54.6 Å². The molecule has 0 atom stereocenters. The molecule has 0 saturated heterocycles. The number of aliphatic hydroxyl groups is 1. The van der Waals surface area contributed by atoms with Gasteiger partial charge in [-0.25, -0.2) is 0 Å². The Hall–Kier alpha value is -2.72. The smallest absolute Gasteiger partial charge is 0.227 e. The van der Waals surface area contributed by atoms with Crippen molar-refractivity contribution in [2.24, 2.45) is 0 Å². The SMILES string of the molecule is Cc1nc2ccccc2c(C)c1CC(=O)N(CCO)Cc1ccccc1. The normalized spacial score (nSPS) is 10.9. The highest BCUT2D eigenvalue weighted by molar-refractivity contribution is 5.86. The van der Waals surface area contributed by atoms with Crippen LogP contribution in [0.5, 0.6) is 0 Å². The average Bonchev–Trinajstić information content (AvgIpc) is 2.65. The topological polar surface area (TPSA) is 53.4 Å². The third-order valence-electron chi connectivity index (χ3n) is 4.75. The van der Waals surface area contributed by atoms with Gasteiger partial charge in [0.25, 0.3) is 0 Å². The van der Waals surface area contributed by atoms with Crippen LogP contribution in [0, 0.1) is 13.8 Å². The monoisotopic (exact) mass is 348 g/mol. The fourth-order valence-corrected chi connectivity index (χ4v) is 3.31. The first-order valence-corrected chi connectivity index (χ1v) is 8.87. The van der Waals surface area contributed by atoms with E-state index in [9.17, 15) is 9.90 Å². The van der Waals surface area contributed by atoms with Gasteiger partial charge < -0.3 is 10.0 Å². The maximum atomic E-state index is 12.9. The number of para-hydroxylation sites is 1. The summed E-state index contributed by atoms with van der Waals surface area (Å²) in [5, 5.41) is 10.5. The van der Waals surface area contributed by atoms with Crippen LogP contribution < -0.4 is 0 Å². The molecule has 0 aliphatic rings. The summed E-state index contributed by atoms with van der Waals surface area (Å²) in [4.78, 5) is 19.3. The van der Waals surface area contributed by atoms with E-state index in [4.69, 9.17) is 0 Å². The second-order valence-electron chi connectivity index (χ2n) is 6.52. The second kappa shape index (κ2) is 8.11. The van der Waals surface area contributed by atoms with Crippen molar-refractivity contribution in [2.75, 3.05) is 13.2 Å². The number of benzene rings is 2. The molecule has 134 valence electrons. The number of amides is 1. The molecule has 4 heteroatoms. The van der Waals surface area contributed by atoms with Gasteiger partial charge in [-0.1, -0.05) is 48.5 Å². The van der Waals surface area contributed by atoms with E-state index in [2.05, 4.69) is 4.98 Å². The van der Waals surface area contributed by atoms with Crippen molar-refractivity contribution in [3.63, 3.8) is 0 Å². The zero-order valence-corrected chi connectivity index (χ0v) is 15.3. The van der Waals surface area contributed by atoms with Crippen LogP contribution in [-0.2, 0) is 17.8 Å². The van der Waals surface area contributed by atoms with Crippen LogP contribution in [0.3, 0.4) is 0 Å². The summed E-state index contributed by atoms with van der Waals surface area (Å²) in [6.07, 6.45) is 0.294. The van der Waals surface area contributed by atoms with Gasteiger partial charge in [-0.3, -0.25) is 9.78 Å². The molecule has 1 amide bonds. The highest BCUT2D eigenvalue weighted by atomic mass is 16.3. The largest absolute Gasteiger partial charge is 0.395 e. The molecule has 1 heterocycles. The summed E-state index contributed by atoms with van der Waals surface area (Å²) in [6.45, 7) is 4.78. The van der Waals surface area contributed by atoms with E-state index >= 15 is 0 Å². The first kappa shape index (κ1) is 18.1. The number of carbonyl (C=O) groups excluding carboxylic acids is 1.